The van der Waals surface area contributed by atoms with Gasteiger partial charge in [-0.1, -0.05) is 0 Å². The molecule has 3 aromatic heterocycles. The molecule has 1 aliphatic heterocycles. The van der Waals surface area contributed by atoms with Gasteiger partial charge in [0, 0.05) is 41.2 Å². The van der Waals surface area contributed by atoms with Crippen molar-refractivity contribution in [3.63, 3.8) is 0 Å². The Kier molecular flexibility index (Phi) is 4.50. The van der Waals surface area contributed by atoms with Crippen LogP contribution in [0.15, 0.2) is 42.7 Å². The molecule has 2 N–H and O–H groups in total. The molecule has 1 aliphatic carbocycles. The number of ether oxygens (including phenoxy) is 1. The highest BCUT2D eigenvalue weighted by Crippen LogP contribution is 2.39. The molecular weight excluding hydrogens is 419 g/mol. The van der Waals surface area contributed by atoms with Crippen molar-refractivity contribution in [3.8, 4) is 28.3 Å². The van der Waals surface area contributed by atoms with Crippen molar-refractivity contribution < 1.29 is 9.13 Å². The Hall–Kier alpha value is -3.68. The molecule has 1 atom stereocenters. The molecule has 7 nitrogen and oxygen atoms in total. The second kappa shape index (κ2) is 7.43. The summed E-state index contributed by atoms with van der Waals surface area (Å²) in [6.45, 7) is 5.34. The molecule has 4 aromatic rings. The molecule has 1 saturated carbocycles. The predicted molar refractivity (Wildman–Crippen MR) is 123 cm³/mol. The van der Waals surface area contributed by atoms with Crippen LogP contribution in [0.3, 0.4) is 0 Å². The lowest BCUT2D eigenvalue weighted by molar-refractivity contribution is 0.227. The third kappa shape index (κ3) is 3.46. The van der Waals surface area contributed by atoms with Gasteiger partial charge < -0.3 is 10.5 Å². The number of rotatable bonds is 2. The number of benzene rings is 1. The fourth-order valence-corrected chi connectivity index (χ4v) is 4.68. The second-order valence-corrected chi connectivity index (χ2v) is 9.01. The van der Waals surface area contributed by atoms with E-state index >= 15 is 0 Å². The first-order valence-electron chi connectivity index (χ1n) is 11.3. The quantitative estimate of drug-likeness (QED) is 0.482. The average molecular weight is 445 g/mol. The highest BCUT2D eigenvalue weighted by atomic mass is 19.1. The van der Waals surface area contributed by atoms with Crippen LogP contribution in [0.1, 0.15) is 42.7 Å². The van der Waals surface area contributed by atoms with E-state index in [0.717, 1.165) is 45.9 Å². The zero-order valence-corrected chi connectivity index (χ0v) is 18.6. The summed E-state index contributed by atoms with van der Waals surface area (Å²) in [5.41, 5.74) is 12.6. The van der Waals surface area contributed by atoms with E-state index in [1.807, 2.05) is 30.7 Å². The summed E-state index contributed by atoms with van der Waals surface area (Å²) in [4.78, 5) is 4.43. The zero-order chi connectivity index (χ0) is 22.7. The minimum absolute atomic E-state index is 0.303. The third-order valence-corrected chi connectivity index (χ3v) is 6.59. The van der Waals surface area contributed by atoms with Gasteiger partial charge in [0.25, 0.3) is 0 Å². The molecule has 0 unspecified atom stereocenters. The maximum atomic E-state index is 14.3. The molecule has 0 spiro atoms. The number of nitrogens with zero attached hydrogens (tertiary/aromatic N) is 5. The monoisotopic (exact) mass is 444 g/mol. The number of aryl methyl sites for hydroxylation is 1. The van der Waals surface area contributed by atoms with Crippen LogP contribution in [0.4, 0.5) is 10.2 Å². The van der Waals surface area contributed by atoms with E-state index in [1.54, 1.807) is 18.5 Å². The van der Waals surface area contributed by atoms with Crippen molar-refractivity contribution in [3.05, 3.63) is 65.4 Å². The predicted octanol–water partition coefficient (Wildman–Crippen LogP) is 4.75. The maximum Gasteiger partial charge on any atom is 0.166 e. The summed E-state index contributed by atoms with van der Waals surface area (Å²) in [6.07, 6.45) is 5.57. The van der Waals surface area contributed by atoms with Gasteiger partial charge in [0.2, 0.25) is 0 Å². The van der Waals surface area contributed by atoms with Crippen LogP contribution in [-0.2, 0) is 13.1 Å². The van der Waals surface area contributed by atoms with E-state index in [1.165, 1.54) is 25.0 Å². The van der Waals surface area contributed by atoms with Crippen molar-refractivity contribution in [1.82, 2.24) is 24.5 Å². The Labute approximate surface area is 191 Å². The highest BCUT2D eigenvalue weighted by molar-refractivity contribution is 5.70. The van der Waals surface area contributed by atoms with E-state index in [4.69, 9.17) is 15.6 Å². The van der Waals surface area contributed by atoms with Crippen LogP contribution in [0.5, 0.6) is 5.75 Å². The molecule has 1 aromatic carbocycles. The smallest absolute Gasteiger partial charge is 0.166 e. The summed E-state index contributed by atoms with van der Waals surface area (Å²) in [5, 5.41) is 9.50. The lowest BCUT2D eigenvalue weighted by Crippen LogP contribution is -2.12. The Morgan fingerprint density at radius 2 is 2.06 bits per heavy atom. The molecular formula is C25H25FN6O. The minimum Gasteiger partial charge on any atom is -0.482 e. The van der Waals surface area contributed by atoms with Crippen molar-refractivity contribution in [2.45, 2.75) is 45.9 Å². The van der Waals surface area contributed by atoms with Crippen LogP contribution in [0.25, 0.3) is 22.5 Å². The molecule has 4 heterocycles. The van der Waals surface area contributed by atoms with Gasteiger partial charge in [0.15, 0.2) is 11.6 Å². The maximum absolute atomic E-state index is 14.3. The fourth-order valence-electron chi connectivity index (χ4n) is 4.68. The number of fused-ring (bicyclic) bond motifs is 7. The van der Waals surface area contributed by atoms with Crippen molar-refractivity contribution in [2.24, 2.45) is 5.92 Å². The Balaban J connectivity index is 1.61. The number of nitrogens with two attached hydrogens (primary N) is 1. The van der Waals surface area contributed by atoms with Crippen LogP contribution in [0.2, 0.25) is 0 Å². The standard InChI is InChI=1S/C25H25FN6O/c1-14-21-13-31-22(7-8-29-31)19-6-5-18(26)10-20(19)15(2)33-23-9-17(11-28-25(23)27)24(21)32(30-14)12-16-3-4-16/h5-11,15-16H,3-4,12-13H2,1-2H3,(H2,27,28)/t15-/m1/s1. The van der Waals surface area contributed by atoms with Gasteiger partial charge in [0.1, 0.15) is 11.9 Å². The normalized spacial score (nSPS) is 17.2. The number of anilines is 1. The van der Waals surface area contributed by atoms with Crippen molar-refractivity contribution >= 4 is 5.82 Å². The highest BCUT2D eigenvalue weighted by Gasteiger charge is 2.28. The average Bonchev–Trinajstić information content (AvgIpc) is 3.40. The first-order chi connectivity index (χ1) is 16.0. The summed E-state index contributed by atoms with van der Waals surface area (Å²) in [6, 6.07) is 8.64. The molecule has 0 amide bonds. The molecule has 168 valence electrons. The van der Waals surface area contributed by atoms with Gasteiger partial charge in [-0.2, -0.15) is 10.2 Å². The number of pyridine rings is 1. The van der Waals surface area contributed by atoms with Crippen LogP contribution >= 0.6 is 0 Å². The molecule has 2 bridgehead atoms. The summed E-state index contributed by atoms with van der Waals surface area (Å²) < 4.78 is 24.6. The van der Waals surface area contributed by atoms with Crippen LogP contribution in [0, 0.1) is 18.7 Å². The number of nitrogen functional groups attached to an aromatic ring is 1. The molecule has 1 fully saturated rings. The van der Waals surface area contributed by atoms with E-state index in [9.17, 15) is 4.39 Å². The summed E-state index contributed by atoms with van der Waals surface area (Å²) >= 11 is 0. The van der Waals surface area contributed by atoms with E-state index in [-0.39, 0.29) is 5.82 Å². The second-order valence-electron chi connectivity index (χ2n) is 9.01. The lowest BCUT2D eigenvalue weighted by Gasteiger charge is -2.22. The topological polar surface area (TPSA) is 83.8 Å². The van der Waals surface area contributed by atoms with E-state index in [0.29, 0.717) is 24.0 Å². The zero-order valence-electron chi connectivity index (χ0n) is 18.6. The number of hydrogen-bond donors (Lipinski definition) is 1. The summed E-state index contributed by atoms with van der Waals surface area (Å²) in [7, 11) is 0. The molecule has 0 radical (unpaired) electrons. The first-order valence-corrected chi connectivity index (χ1v) is 11.3. The number of hydrogen-bond acceptors (Lipinski definition) is 5. The lowest BCUT2D eigenvalue weighted by atomic mass is 9.99. The van der Waals surface area contributed by atoms with E-state index < -0.39 is 6.10 Å². The molecule has 8 heteroatoms. The van der Waals surface area contributed by atoms with Crippen molar-refractivity contribution in [2.75, 3.05) is 5.73 Å². The van der Waals surface area contributed by atoms with Gasteiger partial charge >= 0.3 is 0 Å². The SMILES string of the molecule is Cc1nn(CC2CC2)c2c1Cn1nccc1-c1ccc(F)cc1[C@@H](C)Oc1cc-2cnc1N. The largest absolute Gasteiger partial charge is 0.482 e. The first kappa shape index (κ1) is 20.0. The van der Waals surface area contributed by atoms with Crippen molar-refractivity contribution in [1.29, 1.82) is 0 Å². The molecule has 2 aliphatic rings. The van der Waals surface area contributed by atoms with Gasteiger partial charge in [-0.15, -0.1) is 0 Å². The van der Waals surface area contributed by atoms with Gasteiger partial charge in [-0.05, 0) is 62.9 Å². The third-order valence-electron chi connectivity index (χ3n) is 6.59. The Morgan fingerprint density at radius 1 is 1.21 bits per heavy atom. The molecule has 0 saturated heterocycles. The van der Waals surface area contributed by atoms with Crippen LogP contribution in [-0.4, -0.2) is 24.5 Å². The summed E-state index contributed by atoms with van der Waals surface area (Å²) in [5.74, 6) is 1.13. The fraction of sp³-hybridized carbons (Fsp3) is 0.320. The number of aromatic nitrogens is 5. The molecule has 6 rings (SSSR count). The van der Waals surface area contributed by atoms with Gasteiger partial charge in [-0.3, -0.25) is 9.36 Å². The Morgan fingerprint density at radius 3 is 2.88 bits per heavy atom. The van der Waals surface area contributed by atoms with E-state index in [2.05, 4.69) is 14.8 Å². The molecule has 33 heavy (non-hydrogen) atoms. The minimum atomic E-state index is -0.449. The van der Waals surface area contributed by atoms with Crippen LogP contribution < -0.4 is 10.5 Å². The Bertz CT molecular complexity index is 1370. The number of halogens is 1. The van der Waals surface area contributed by atoms with Gasteiger partial charge in [-0.25, -0.2) is 9.37 Å². The van der Waals surface area contributed by atoms with Gasteiger partial charge in [0.05, 0.1) is 23.6 Å².